The van der Waals surface area contributed by atoms with Crippen molar-refractivity contribution in [3.8, 4) is 11.5 Å². The van der Waals surface area contributed by atoms with Gasteiger partial charge in [0.15, 0.2) is 0 Å². The Morgan fingerprint density at radius 3 is 2.30 bits per heavy atom. The van der Waals surface area contributed by atoms with Crippen LogP contribution in [0.15, 0.2) is 48.7 Å². The van der Waals surface area contributed by atoms with Crippen molar-refractivity contribution in [2.24, 2.45) is 11.8 Å². The van der Waals surface area contributed by atoms with E-state index in [1.807, 2.05) is 37.3 Å². The summed E-state index contributed by atoms with van der Waals surface area (Å²) in [4.78, 5) is 22.1. The first-order valence-corrected chi connectivity index (χ1v) is 11.4. The van der Waals surface area contributed by atoms with E-state index in [1.54, 1.807) is 20.4 Å². The van der Waals surface area contributed by atoms with Gasteiger partial charge < -0.3 is 24.0 Å². The molecule has 2 unspecified atom stereocenters. The summed E-state index contributed by atoms with van der Waals surface area (Å²) in [6.45, 7) is 5.82. The zero-order valence-electron chi connectivity index (χ0n) is 19.3. The number of fused-ring (bicyclic) bond motifs is 2. The smallest absolute Gasteiger partial charge is 0.341 e. The van der Waals surface area contributed by atoms with Crippen LogP contribution in [0.3, 0.4) is 0 Å². The average Bonchev–Trinajstić information content (AvgIpc) is 3.42. The Balaban J connectivity index is 1.47. The molecule has 0 radical (unpaired) electrons. The Hall–Kier alpha value is -3.48. The number of esters is 1. The number of methoxy groups -OCH3 is 2. The van der Waals surface area contributed by atoms with Gasteiger partial charge >= 0.3 is 5.97 Å². The number of anilines is 2. The number of carbonyl (C=O) groups is 1. The van der Waals surface area contributed by atoms with Gasteiger partial charge in [0.1, 0.15) is 22.6 Å². The third-order valence-corrected chi connectivity index (χ3v) is 6.78. The first kappa shape index (κ1) is 21.4. The predicted octanol–water partition coefficient (Wildman–Crippen LogP) is 4.00. The zero-order chi connectivity index (χ0) is 22.9. The van der Waals surface area contributed by atoms with Gasteiger partial charge in [-0.3, -0.25) is 4.98 Å². The molecule has 0 N–H and O–H groups in total. The molecular formula is C26H29N3O4. The number of nitrogens with zero attached hydrogens (tertiary/aromatic N) is 3. The molecule has 0 aliphatic carbocycles. The first-order chi connectivity index (χ1) is 16.1. The summed E-state index contributed by atoms with van der Waals surface area (Å²) < 4.78 is 16.5. The molecule has 0 amide bonds. The third-order valence-electron chi connectivity index (χ3n) is 6.78. The van der Waals surface area contributed by atoms with Crippen LogP contribution in [-0.2, 0) is 4.74 Å². The molecule has 7 nitrogen and oxygen atoms in total. The monoisotopic (exact) mass is 447 g/mol. The molecule has 3 heterocycles. The maximum absolute atomic E-state index is 12.8. The molecule has 2 aliphatic heterocycles. The summed E-state index contributed by atoms with van der Waals surface area (Å²) >= 11 is 0. The largest absolute Gasteiger partial charge is 0.495 e. The number of hydrogen-bond donors (Lipinski definition) is 0. The fourth-order valence-corrected chi connectivity index (χ4v) is 5.31. The molecule has 5 rings (SSSR count). The molecule has 1 aromatic heterocycles. The molecule has 2 aliphatic rings. The Labute approximate surface area is 193 Å². The molecule has 0 spiro atoms. The van der Waals surface area contributed by atoms with Crippen LogP contribution in [-0.4, -0.2) is 58.0 Å². The SMILES string of the molecule is CCOC(=O)c1cnc2c(OC)cccc2c1N1CC2CN(c3ccccc3OC)CC2C1. The van der Waals surface area contributed by atoms with Crippen molar-refractivity contribution in [2.45, 2.75) is 6.92 Å². The topological polar surface area (TPSA) is 64.1 Å². The highest BCUT2D eigenvalue weighted by molar-refractivity contribution is 6.06. The van der Waals surface area contributed by atoms with Crippen LogP contribution in [0.4, 0.5) is 11.4 Å². The first-order valence-electron chi connectivity index (χ1n) is 11.4. The number of pyridine rings is 1. The summed E-state index contributed by atoms with van der Waals surface area (Å²) in [5, 5.41) is 0.918. The molecule has 2 fully saturated rings. The van der Waals surface area contributed by atoms with Crippen LogP contribution in [0.1, 0.15) is 17.3 Å². The van der Waals surface area contributed by atoms with Crippen molar-refractivity contribution >= 4 is 28.2 Å². The van der Waals surface area contributed by atoms with Crippen molar-refractivity contribution < 1.29 is 19.0 Å². The summed E-state index contributed by atoms with van der Waals surface area (Å²) in [5.74, 6) is 2.27. The highest BCUT2D eigenvalue weighted by Crippen LogP contribution is 2.42. The second-order valence-electron chi connectivity index (χ2n) is 8.60. The maximum atomic E-state index is 12.8. The minimum absolute atomic E-state index is 0.327. The number of ether oxygens (including phenoxy) is 3. The van der Waals surface area contributed by atoms with E-state index in [9.17, 15) is 4.79 Å². The van der Waals surface area contributed by atoms with Crippen molar-refractivity contribution in [2.75, 3.05) is 56.8 Å². The Morgan fingerprint density at radius 1 is 0.939 bits per heavy atom. The summed E-state index contributed by atoms with van der Waals surface area (Å²) in [6.07, 6.45) is 1.63. The van der Waals surface area contributed by atoms with Crippen molar-refractivity contribution in [1.82, 2.24) is 4.98 Å². The Kier molecular flexibility index (Phi) is 5.70. The fourth-order valence-electron chi connectivity index (χ4n) is 5.31. The maximum Gasteiger partial charge on any atom is 0.341 e. The molecule has 2 saturated heterocycles. The molecule has 172 valence electrons. The molecule has 33 heavy (non-hydrogen) atoms. The van der Waals surface area contributed by atoms with E-state index in [2.05, 4.69) is 26.9 Å². The highest BCUT2D eigenvalue weighted by Gasteiger charge is 2.42. The highest BCUT2D eigenvalue weighted by atomic mass is 16.5. The lowest BCUT2D eigenvalue weighted by Gasteiger charge is -2.27. The molecule has 2 aromatic carbocycles. The van der Waals surface area contributed by atoms with Gasteiger partial charge in [-0.05, 0) is 25.1 Å². The lowest BCUT2D eigenvalue weighted by molar-refractivity contribution is 0.0527. The summed E-state index contributed by atoms with van der Waals surface area (Å²) in [6, 6.07) is 14.0. The van der Waals surface area contributed by atoms with Gasteiger partial charge in [0.2, 0.25) is 0 Å². The number of benzene rings is 2. The Bertz CT molecular complexity index is 1170. The van der Waals surface area contributed by atoms with E-state index in [-0.39, 0.29) is 5.97 Å². The molecule has 3 aromatic rings. The number of carbonyl (C=O) groups excluding carboxylic acids is 1. The van der Waals surface area contributed by atoms with Crippen LogP contribution in [0.5, 0.6) is 11.5 Å². The summed E-state index contributed by atoms with van der Waals surface area (Å²) in [5.41, 5.74) is 3.32. The van der Waals surface area contributed by atoms with E-state index < -0.39 is 0 Å². The number of para-hydroxylation sites is 3. The summed E-state index contributed by atoms with van der Waals surface area (Å²) in [7, 11) is 3.36. The molecule has 0 bridgehead atoms. The average molecular weight is 448 g/mol. The lowest BCUT2D eigenvalue weighted by Crippen LogP contribution is -2.30. The fraction of sp³-hybridized carbons (Fsp3) is 0.385. The molecule has 7 heteroatoms. The van der Waals surface area contributed by atoms with Crippen LogP contribution in [0.25, 0.3) is 10.9 Å². The predicted molar refractivity (Wildman–Crippen MR) is 129 cm³/mol. The second kappa shape index (κ2) is 8.81. The van der Waals surface area contributed by atoms with E-state index in [1.165, 1.54) is 0 Å². The molecular weight excluding hydrogens is 418 g/mol. The lowest BCUT2D eigenvalue weighted by atomic mass is 10.0. The van der Waals surface area contributed by atoms with Crippen molar-refractivity contribution in [1.29, 1.82) is 0 Å². The van der Waals surface area contributed by atoms with Crippen LogP contribution in [0, 0.1) is 11.8 Å². The van der Waals surface area contributed by atoms with Gasteiger partial charge in [-0.25, -0.2) is 4.79 Å². The minimum Gasteiger partial charge on any atom is -0.495 e. The van der Waals surface area contributed by atoms with E-state index in [0.717, 1.165) is 54.2 Å². The van der Waals surface area contributed by atoms with Crippen LogP contribution < -0.4 is 19.3 Å². The number of aromatic nitrogens is 1. The van der Waals surface area contributed by atoms with Gasteiger partial charge in [0, 0.05) is 49.6 Å². The van der Waals surface area contributed by atoms with Gasteiger partial charge in [-0.2, -0.15) is 0 Å². The zero-order valence-corrected chi connectivity index (χ0v) is 19.3. The normalized spacial score (nSPS) is 19.6. The quantitative estimate of drug-likeness (QED) is 0.529. The molecule has 2 atom stereocenters. The van der Waals surface area contributed by atoms with Gasteiger partial charge in [0.25, 0.3) is 0 Å². The van der Waals surface area contributed by atoms with Gasteiger partial charge in [-0.1, -0.05) is 24.3 Å². The van der Waals surface area contributed by atoms with Crippen molar-refractivity contribution in [3.63, 3.8) is 0 Å². The Morgan fingerprint density at radius 2 is 1.61 bits per heavy atom. The van der Waals surface area contributed by atoms with E-state index in [4.69, 9.17) is 14.2 Å². The van der Waals surface area contributed by atoms with Crippen LogP contribution in [0.2, 0.25) is 0 Å². The second-order valence-corrected chi connectivity index (χ2v) is 8.60. The van der Waals surface area contributed by atoms with Crippen molar-refractivity contribution in [3.05, 3.63) is 54.2 Å². The van der Waals surface area contributed by atoms with Crippen LogP contribution >= 0.6 is 0 Å². The molecule has 0 saturated carbocycles. The van der Waals surface area contributed by atoms with E-state index >= 15 is 0 Å². The third kappa shape index (κ3) is 3.71. The minimum atomic E-state index is -0.336. The number of hydrogen-bond acceptors (Lipinski definition) is 7. The van der Waals surface area contributed by atoms with Gasteiger partial charge in [-0.15, -0.1) is 0 Å². The van der Waals surface area contributed by atoms with Gasteiger partial charge in [0.05, 0.1) is 32.2 Å². The standard InChI is InChI=1S/C26H29N3O4/c1-4-33-26(30)20-12-27-24-19(8-7-11-23(24)32-3)25(20)29-15-17-13-28(14-18(17)16-29)21-9-5-6-10-22(21)31-2/h5-12,17-18H,4,13-16H2,1-3H3. The number of rotatable bonds is 6. The van der Waals surface area contributed by atoms with E-state index in [0.29, 0.717) is 29.8 Å².